The van der Waals surface area contributed by atoms with E-state index in [1.54, 1.807) is 6.26 Å². The van der Waals surface area contributed by atoms with E-state index in [0.717, 1.165) is 12.3 Å². The van der Waals surface area contributed by atoms with Gasteiger partial charge >= 0.3 is 0 Å². The third kappa shape index (κ3) is 1.82. The minimum absolute atomic E-state index is 0.588. The van der Waals surface area contributed by atoms with Gasteiger partial charge in [-0.1, -0.05) is 0 Å². The van der Waals surface area contributed by atoms with Gasteiger partial charge in [-0.3, -0.25) is 4.90 Å². The van der Waals surface area contributed by atoms with Gasteiger partial charge in [-0.2, -0.15) is 0 Å². The van der Waals surface area contributed by atoms with Crippen molar-refractivity contribution in [2.75, 3.05) is 26.2 Å². The van der Waals surface area contributed by atoms with Gasteiger partial charge in [0, 0.05) is 25.0 Å². The molecule has 3 rings (SSSR count). The average molecular weight is 206 g/mol. The summed E-state index contributed by atoms with van der Waals surface area (Å²) in [4.78, 5) is 2.53. The molecule has 0 saturated carbocycles. The van der Waals surface area contributed by atoms with Crippen LogP contribution in [0.5, 0.6) is 0 Å². The third-order valence-corrected chi connectivity index (χ3v) is 3.70. The van der Waals surface area contributed by atoms with E-state index in [0.29, 0.717) is 5.41 Å². The maximum absolute atomic E-state index is 5.40. The van der Waals surface area contributed by atoms with E-state index in [1.165, 1.54) is 39.0 Å². The van der Waals surface area contributed by atoms with Crippen molar-refractivity contribution in [2.45, 2.75) is 19.4 Å². The van der Waals surface area contributed by atoms with Crippen LogP contribution < -0.4 is 5.32 Å². The Morgan fingerprint density at radius 3 is 3.07 bits per heavy atom. The first-order chi connectivity index (χ1) is 7.36. The number of furan rings is 1. The first kappa shape index (κ1) is 9.43. The standard InChI is InChI=1S/C12H18N2O/c1-3-11(15-6-1)7-14-5-2-4-12(10-14)8-13-9-12/h1,3,6,13H,2,4-5,7-10H2. The summed E-state index contributed by atoms with van der Waals surface area (Å²) in [5.41, 5.74) is 0.588. The van der Waals surface area contributed by atoms with Crippen molar-refractivity contribution in [2.24, 2.45) is 5.41 Å². The zero-order valence-corrected chi connectivity index (χ0v) is 9.04. The molecule has 0 atom stereocenters. The highest BCUT2D eigenvalue weighted by Gasteiger charge is 2.40. The summed E-state index contributed by atoms with van der Waals surface area (Å²) < 4.78 is 5.40. The lowest BCUT2D eigenvalue weighted by Crippen LogP contribution is -2.60. The normalized spacial score (nSPS) is 25.3. The zero-order valence-electron chi connectivity index (χ0n) is 9.04. The molecule has 3 heterocycles. The number of hydrogen-bond donors (Lipinski definition) is 1. The lowest BCUT2D eigenvalue weighted by atomic mass is 9.75. The first-order valence-corrected chi connectivity index (χ1v) is 5.82. The SMILES string of the molecule is c1coc(CN2CCCC3(CNC3)C2)c1. The summed E-state index contributed by atoms with van der Waals surface area (Å²) in [7, 11) is 0. The second-order valence-electron chi connectivity index (χ2n) is 5.00. The van der Waals surface area contributed by atoms with Gasteiger partial charge in [0.25, 0.3) is 0 Å². The van der Waals surface area contributed by atoms with Crippen LogP contribution in [0, 0.1) is 5.41 Å². The highest BCUT2D eigenvalue weighted by atomic mass is 16.3. The highest BCUT2D eigenvalue weighted by Crippen LogP contribution is 2.33. The summed E-state index contributed by atoms with van der Waals surface area (Å²) >= 11 is 0. The molecular formula is C12H18N2O. The summed E-state index contributed by atoms with van der Waals surface area (Å²) in [6.07, 6.45) is 4.50. The van der Waals surface area contributed by atoms with Crippen molar-refractivity contribution < 1.29 is 4.42 Å². The Morgan fingerprint density at radius 1 is 1.47 bits per heavy atom. The van der Waals surface area contributed by atoms with Crippen LogP contribution in [-0.4, -0.2) is 31.1 Å². The predicted molar refractivity (Wildman–Crippen MR) is 58.5 cm³/mol. The fourth-order valence-corrected chi connectivity index (χ4v) is 2.84. The van der Waals surface area contributed by atoms with Gasteiger partial charge in [0.05, 0.1) is 12.8 Å². The number of likely N-dealkylation sites (tertiary alicyclic amines) is 1. The van der Waals surface area contributed by atoms with Crippen molar-refractivity contribution in [1.82, 2.24) is 10.2 Å². The summed E-state index contributed by atoms with van der Waals surface area (Å²) in [5, 5.41) is 3.40. The first-order valence-electron chi connectivity index (χ1n) is 5.82. The van der Waals surface area contributed by atoms with Gasteiger partial charge in [-0.25, -0.2) is 0 Å². The van der Waals surface area contributed by atoms with Crippen molar-refractivity contribution in [3.05, 3.63) is 24.2 Å². The average Bonchev–Trinajstić information content (AvgIpc) is 2.69. The molecule has 0 aliphatic carbocycles. The molecule has 0 radical (unpaired) electrons. The molecule has 2 aliphatic rings. The minimum atomic E-state index is 0.588. The van der Waals surface area contributed by atoms with Gasteiger partial charge in [0.1, 0.15) is 5.76 Å². The van der Waals surface area contributed by atoms with Crippen LogP contribution in [-0.2, 0) is 6.54 Å². The van der Waals surface area contributed by atoms with Gasteiger partial charge < -0.3 is 9.73 Å². The predicted octanol–water partition coefficient (Wildman–Crippen LogP) is 1.46. The van der Waals surface area contributed by atoms with Crippen molar-refractivity contribution in [1.29, 1.82) is 0 Å². The molecule has 1 N–H and O–H groups in total. The van der Waals surface area contributed by atoms with E-state index in [2.05, 4.69) is 16.3 Å². The summed E-state index contributed by atoms with van der Waals surface area (Å²) in [5.74, 6) is 1.10. The van der Waals surface area contributed by atoms with E-state index in [9.17, 15) is 0 Å². The molecule has 0 aromatic carbocycles. The van der Waals surface area contributed by atoms with Crippen LogP contribution in [0.3, 0.4) is 0 Å². The maximum Gasteiger partial charge on any atom is 0.117 e. The van der Waals surface area contributed by atoms with Crippen molar-refractivity contribution >= 4 is 0 Å². The molecule has 1 aromatic heterocycles. The fraction of sp³-hybridized carbons (Fsp3) is 0.667. The number of nitrogens with one attached hydrogen (secondary N) is 1. The van der Waals surface area contributed by atoms with E-state index < -0.39 is 0 Å². The second-order valence-corrected chi connectivity index (χ2v) is 5.00. The van der Waals surface area contributed by atoms with Gasteiger partial charge in [-0.15, -0.1) is 0 Å². The van der Waals surface area contributed by atoms with E-state index in [-0.39, 0.29) is 0 Å². The molecule has 0 unspecified atom stereocenters. The van der Waals surface area contributed by atoms with Gasteiger partial charge in [-0.05, 0) is 31.5 Å². The van der Waals surface area contributed by atoms with Gasteiger partial charge in [0.15, 0.2) is 0 Å². The fourth-order valence-electron chi connectivity index (χ4n) is 2.84. The summed E-state index contributed by atoms with van der Waals surface area (Å²) in [6.45, 7) is 5.86. The molecule has 2 saturated heterocycles. The summed E-state index contributed by atoms with van der Waals surface area (Å²) in [6, 6.07) is 4.04. The molecule has 1 aromatic rings. The molecule has 3 heteroatoms. The van der Waals surface area contributed by atoms with Crippen LogP contribution in [0.15, 0.2) is 22.8 Å². The monoisotopic (exact) mass is 206 g/mol. The molecule has 0 amide bonds. The molecule has 1 spiro atoms. The lowest BCUT2D eigenvalue weighted by molar-refractivity contribution is 0.0343. The number of nitrogens with zero attached hydrogens (tertiary/aromatic N) is 1. The Labute approximate surface area is 90.4 Å². The number of piperidine rings is 1. The van der Waals surface area contributed by atoms with Crippen LogP contribution in [0.1, 0.15) is 18.6 Å². The molecule has 0 bridgehead atoms. The van der Waals surface area contributed by atoms with E-state index >= 15 is 0 Å². The van der Waals surface area contributed by atoms with Crippen LogP contribution in [0.2, 0.25) is 0 Å². The number of hydrogen-bond acceptors (Lipinski definition) is 3. The van der Waals surface area contributed by atoms with E-state index in [1.807, 2.05) is 6.07 Å². The Bertz CT molecular complexity index is 316. The maximum atomic E-state index is 5.40. The van der Waals surface area contributed by atoms with Crippen LogP contribution in [0.4, 0.5) is 0 Å². The molecule has 2 aliphatic heterocycles. The second kappa shape index (κ2) is 3.65. The van der Waals surface area contributed by atoms with Crippen LogP contribution >= 0.6 is 0 Å². The van der Waals surface area contributed by atoms with Gasteiger partial charge in [0.2, 0.25) is 0 Å². The van der Waals surface area contributed by atoms with Crippen LogP contribution in [0.25, 0.3) is 0 Å². The smallest absolute Gasteiger partial charge is 0.117 e. The highest BCUT2D eigenvalue weighted by molar-refractivity contribution is 5.01. The third-order valence-electron chi connectivity index (χ3n) is 3.70. The quantitative estimate of drug-likeness (QED) is 0.794. The molecular weight excluding hydrogens is 188 g/mol. The molecule has 2 fully saturated rings. The van der Waals surface area contributed by atoms with Crippen molar-refractivity contribution in [3.63, 3.8) is 0 Å². The number of rotatable bonds is 2. The lowest BCUT2D eigenvalue weighted by Gasteiger charge is -2.49. The Morgan fingerprint density at radius 2 is 2.40 bits per heavy atom. The van der Waals surface area contributed by atoms with E-state index in [4.69, 9.17) is 4.42 Å². The molecule has 82 valence electrons. The minimum Gasteiger partial charge on any atom is -0.468 e. The Hall–Kier alpha value is -0.800. The molecule has 3 nitrogen and oxygen atoms in total. The topological polar surface area (TPSA) is 28.4 Å². The zero-order chi connectivity index (χ0) is 10.1. The van der Waals surface area contributed by atoms with Crippen molar-refractivity contribution in [3.8, 4) is 0 Å². The Balaban J connectivity index is 1.62. The largest absolute Gasteiger partial charge is 0.468 e. The Kier molecular flexibility index (Phi) is 2.29. The molecule has 15 heavy (non-hydrogen) atoms.